The molecule has 0 radical (unpaired) electrons. The van der Waals surface area contributed by atoms with Gasteiger partial charge in [-0.05, 0) is 62.9 Å². The highest BCUT2D eigenvalue weighted by Gasteiger charge is 2.20. The Morgan fingerprint density at radius 3 is 2.50 bits per heavy atom. The van der Waals surface area contributed by atoms with Crippen LogP contribution in [0.25, 0.3) is 27.7 Å². The summed E-state index contributed by atoms with van der Waals surface area (Å²) in [5.74, 6) is 1.54. The molecule has 5 heteroatoms. The summed E-state index contributed by atoms with van der Waals surface area (Å²) in [6.45, 7) is 6.49. The Hall–Kier alpha value is -3.21. The van der Waals surface area contributed by atoms with E-state index in [1.165, 1.54) is 25.7 Å². The summed E-state index contributed by atoms with van der Waals surface area (Å²) < 4.78 is 17.3. The van der Waals surface area contributed by atoms with E-state index in [0.29, 0.717) is 6.61 Å². The van der Waals surface area contributed by atoms with Gasteiger partial charge in [0.25, 0.3) is 0 Å². The van der Waals surface area contributed by atoms with E-state index in [1.54, 1.807) is 19.4 Å². The molecule has 1 N–H and O–H groups in total. The first-order chi connectivity index (χ1) is 16.5. The number of carbonyl (C=O) groups excluding carboxylic acids is 1. The number of ether oxygens (including phenoxy) is 2. The van der Waals surface area contributed by atoms with Gasteiger partial charge in [-0.3, -0.25) is 4.79 Å². The Morgan fingerprint density at radius 1 is 1.15 bits per heavy atom. The summed E-state index contributed by atoms with van der Waals surface area (Å²) in [6, 6.07) is 10.3. The molecule has 0 unspecified atom stereocenters. The van der Waals surface area contributed by atoms with Crippen LogP contribution in [0.2, 0.25) is 0 Å². The Balaban J connectivity index is 1.71. The summed E-state index contributed by atoms with van der Waals surface area (Å²) in [6.07, 6.45) is 10.5. The summed E-state index contributed by atoms with van der Waals surface area (Å²) in [4.78, 5) is 12.9. The Morgan fingerprint density at radius 2 is 1.85 bits per heavy atom. The SMILES string of the molecule is CCOc1c(/C(C)=C/C(=O)NC2CCCCCC2)cc2c(-c3ccc(OC)cc3)coc2c1C. The number of rotatable bonds is 7. The van der Waals surface area contributed by atoms with Crippen molar-refractivity contribution < 1.29 is 18.7 Å². The second kappa shape index (κ2) is 10.8. The van der Waals surface area contributed by atoms with Crippen molar-refractivity contribution in [1.82, 2.24) is 5.32 Å². The third-order valence-corrected chi connectivity index (χ3v) is 6.71. The maximum absolute atomic E-state index is 12.9. The van der Waals surface area contributed by atoms with Crippen molar-refractivity contribution in [2.75, 3.05) is 13.7 Å². The van der Waals surface area contributed by atoms with Gasteiger partial charge in [-0.25, -0.2) is 0 Å². The van der Waals surface area contributed by atoms with E-state index in [4.69, 9.17) is 13.9 Å². The molecule has 0 bridgehead atoms. The van der Waals surface area contributed by atoms with Gasteiger partial charge >= 0.3 is 0 Å². The van der Waals surface area contributed by atoms with E-state index in [2.05, 4.69) is 11.4 Å². The van der Waals surface area contributed by atoms with Crippen LogP contribution in [0, 0.1) is 6.92 Å². The lowest BCUT2D eigenvalue weighted by Crippen LogP contribution is -2.33. The lowest BCUT2D eigenvalue weighted by Gasteiger charge is -2.17. The number of methoxy groups -OCH3 is 1. The largest absolute Gasteiger partial charge is 0.497 e. The first kappa shape index (κ1) is 23.9. The number of fused-ring (bicyclic) bond motifs is 1. The minimum Gasteiger partial charge on any atom is -0.497 e. The molecule has 3 aromatic rings. The Labute approximate surface area is 202 Å². The number of carbonyl (C=O) groups is 1. The molecule has 0 saturated heterocycles. The van der Waals surface area contributed by atoms with Gasteiger partial charge in [0.1, 0.15) is 17.1 Å². The summed E-state index contributed by atoms with van der Waals surface area (Å²) in [5.41, 5.74) is 5.57. The van der Waals surface area contributed by atoms with Crippen molar-refractivity contribution in [3.05, 3.63) is 53.8 Å². The highest BCUT2D eigenvalue weighted by Crippen LogP contribution is 2.41. The molecule has 1 aliphatic carbocycles. The van der Waals surface area contributed by atoms with Gasteiger partial charge in [0, 0.05) is 34.2 Å². The Bertz CT molecular complexity index is 1170. The average Bonchev–Trinajstić information content (AvgIpc) is 3.10. The average molecular weight is 462 g/mol. The highest BCUT2D eigenvalue weighted by molar-refractivity contribution is 6.01. The lowest BCUT2D eigenvalue weighted by molar-refractivity contribution is -0.117. The zero-order valence-corrected chi connectivity index (χ0v) is 20.7. The molecular weight excluding hydrogens is 426 g/mol. The second-order valence-corrected chi connectivity index (χ2v) is 9.09. The predicted octanol–water partition coefficient (Wildman–Crippen LogP) is 7.06. The summed E-state index contributed by atoms with van der Waals surface area (Å²) >= 11 is 0. The Kier molecular flexibility index (Phi) is 7.61. The molecule has 1 aromatic heterocycles. The van der Waals surface area contributed by atoms with Crippen LogP contribution < -0.4 is 14.8 Å². The van der Waals surface area contributed by atoms with Gasteiger partial charge < -0.3 is 19.2 Å². The normalized spacial score (nSPS) is 15.2. The van der Waals surface area contributed by atoms with Crippen LogP contribution in [-0.2, 0) is 4.79 Å². The number of aryl methyl sites for hydroxylation is 1. The zero-order chi connectivity index (χ0) is 24.1. The molecule has 1 amide bonds. The maximum atomic E-state index is 12.9. The van der Waals surface area contributed by atoms with Crippen molar-refractivity contribution >= 4 is 22.4 Å². The molecule has 1 saturated carbocycles. The molecule has 2 aromatic carbocycles. The molecule has 0 aliphatic heterocycles. The number of allylic oxidation sites excluding steroid dienone is 1. The third-order valence-electron chi connectivity index (χ3n) is 6.71. The molecule has 0 atom stereocenters. The van der Waals surface area contributed by atoms with Crippen molar-refractivity contribution in [2.45, 2.75) is 65.3 Å². The number of hydrogen-bond donors (Lipinski definition) is 1. The molecular formula is C29H35NO4. The van der Waals surface area contributed by atoms with Crippen LogP contribution in [0.5, 0.6) is 11.5 Å². The summed E-state index contributed by atoms with van der Waals surface area (Å²) in [7, 11) is 1.66. The van der Waals surface area contributed by atoms with Crippen molar-refractivity contribution in [3.8, 4) is 22.6 Å². The maximum Gasteiger partial charge on any atom is 0.244 e. The molecule has 180 valence electrons. The van der Waals surface area contributed by atoms with Gasteiger partial charge in [-0.15, -0.1) is 0 Å². The van der Waals surface area contributed by atoms with Crippen molar-refractivity contribution in [2.24, 2.45) is 0 Å². The van der Waals surface area contributed by atoms with Gasteiger partial charge in [0.15, 0.2) is 0 Å². The van der Waals surface area contributed by atoms with E-state index in [0.717, 1.165) is 63.1 Å². The molecule has 0 spiro atoms. The minimum absolute atomic E-state index is 0.0350. The predicted molar refractivity (Wildman–Crippen MR) is 137 cm³/mol. The smallest absolute Gasteiger partial charge is 0.244 e. The topological polar surface area (TPSA) is 60.7 Å². The number of amides is 1. The molecule has 4 rings (SSSR count). The van der Waals surface area contributed by atoms with Gasteiger partial charge in [0.05, 0.1) is 20.0 Å². The second-order valence-electron chi connectivity index (χ2n) is 9.09. The summed E-state index contributed by atoms with van der Waals surface area (Å²) in [5, 5.41) is 4.22. The molecule has 34 heavy (non-hydrogen) atoms. The molecule has 1 heterocycles. The van der Waals surface area contributed by atoms with E-state index in [1.807, 2.05) is 45.0 Å². The molecule has 1 fully saturated rings. The fourth-order valence-corrected chi connectivity index (χ4v) is 4.87. The van der Waals surface area contributed by atoms with Crippen LogP contribution in [0.4, 0.5) is 0 Å². The quantitative estimate of drug-likeness (QED) is 0.302. The molecule has 5 nitrogen and oxygen atoms in total. The number of benzene rings is 2. The van der Waals surface area contributed by atoms with Gasteiger partial charge in [-0.2, -0.15) is 0 Å². The van der Waals surface area contributed by atoms with Gasteiger partial charge in [0.2, 0.25) is 5.91 Å². The zero-order valence-electron chi connectivity index (χ0n) is 20.7. The highest BCUT2D eigenvalue weighted by atomic mass is 16.5. The lowest BCUT2D eigenvalue weighted by atomic mass is 9.96. The van der Waals surface area contributed by atoms with Gasteiger partial charge in [-0.1, -0.05) is 37.8 Å². The van der Waals surface area contributed by atoms with Crippen molar-refractivity contribution in [1.29, 1.82) is 0 Å². The minimum atomic E-state index is -0.0350. The first-order valence-corrected chi connectivity index (χ1v) is 12.3. The van der Waals surface area contributed by atoms with E-state index in [-0.39, 0.29) is 11.9 Å². The number of nitrogens with one attached hydrogen (secondary N) is 1. The van der Waals surface area contributed by atoms with E-state index >= 15 is 0 Å². The van der Waals surface area contributed by atoms with Crippen LogP contribution >= 0.6 is 0 Å². The fraction of sp³-hybridized carbons (Fsp3) is 0.414. The van der Waals surface area contributed by atoms with Crippen LogP contribution in [0.15, 0.2) is 47.1 Å². The monoisotopic (exact) mass is 461 g/mol. The third kappa shape index (κ3) is 5.14. The molecule has 1 aliphatic rings. The first-order valence-electron chi connectivity index (χ1n) is 12.3. The standard InChI is InChI=1S/C29H35NO4/c1-5-33-28-20(3)29-25(26(18-34-29)21-12-14-23(32-4)15-13-21)17-24(28)19(2)16-27(31)30-22-10-8-6-7-9-11-22/h12-18,22H,5-11H2,1-4H3,(H,30,31)/b19-16+. The number of furan rings is 1. The van der Waals surface area contributed by atoms with Crippen LogP contribution in [-0.4, -0.2) is 25.7 Å². The number of hydrogen-bond acceptors (Lipinski definition) is 4. The van der Waals surface area contributed by atoms with E-state index in [9.17, 15) is 4.79 Å². The van der Waals surface area contributed by atoms with Crippen LogP contribution in [0.1, 0.15) is 63.5 Å². The van der Waals surface area contributed by atoms with Crippen molar-refractivity contribution in [3.63, 3.8) is 0 Å². The van der Waals surface area contributed by atoms with E-state index < -0.39 is 0 Å². The fourth-order valence-electron chi connectivity index (χ4n) is 4.87. The van der Waals surface area contributed by atoms with Crippen LogP contribution in [0.3, 0.4) is 0 Å².